The van der Waals surface area contributed by atoms with E-state index in [2.05, 4.69) is 5.32 Å². The van der Waals surface area contributed by atoms with Gasteiger partial charge in [0.1, 0.15) is 18.3 Å². The summed E-state index contributed by atoms with van der Waals surface area (Å²) in [5.74, 6) is -0.429. The number of aryl methyl sites for hydroxylation is 1. The van der Waals surface area contributed by atoms with Crippen LogP contribution in [-0.4, -0.2) is 51.9 Å². The predicted octanol–water partition coefficient (Wildman–Crippen LogP) is 4.59. The molecule has 0 aliphatic rings. The second-order valence-corrected chi connectivity index (χ2v) is 11.7. The molecular weight excluding hydrogens is 550 g/mol. The van der Waals surface area contributed by atoms with Crippen LogP contribution in [0, 0.1) is 6.92 Å². The molecule has 0 saturated heterocycles. The molecule has 0 radical (unpaired) electrons. The van der Waals surface area contributed by atoms with E-state index in [1.165, 1.54) is 31.2 Å². The zero-order valence-electron chi connectivity index (χ0n) is 23.9. The minimum absolute atomic E-state index is 0.0400. The van der Waals surface area contributed by atoms with Crippen LogP contribution in [0.3, 0.4) is 0 Å². The van der Waals surface area contributed by atoms with Crippen LogP contribution in [0.15, 0.2) is 114 Å². The Kier molecular flexibility index (Phi) is 9.98. The number of benzene rings is 4. The average Bonchev–Trinajstić information content (AvgIpc) is 3.02. The lowest BCUT2D eigenvalue weighted by molar-refractivity contribution is -0.139. The van der Waals surface area contributed by atoms with Crippen molar-refractivity contribution in [2.24, 2.45) is 0 Å². The van der Waals surface area contributed by atoms with Crippen LogP contribution in [0.25, 0.3) is 0 Å². The maximum Gasteiger partial charge on any atom is 0.264 e. The summed E-state index contributed by atoms with van der Waals surface area (Å²) in [4.78, 5) is 29.2. The molecule has 2 amide bonds. The number of sulfonamides is 1. The van der Waals surface area contributed by atoms with Gasteiger partial charge in [-0.25, -0.2) is 8.42 Å². The summed E-state index contributed by atoms with van der Waals surface area (Å²) >= 11 is 0. The lowest BCUT2D eigenvalue weighted by Crippen LogP contribution is -2.53. The molecule has 4 aromatic carbocycles. The first kappa shape index (κ1) is 30.3. The first-order valence-electron chi connectivity index (χ1n) is 13.6. The van der Waals surface area contributed by atoms with Crippen LogP contribution in [0.2, 0.25) is 0 Å². The van der Waals surface area contributed by atoms with Gasteiger partial charge in [0.2, 0.25) is 11.8 Å². The third-order valence-corrected chi connectivity index (χ3v) is 8.86. The quantitative estimate of drug-likeness (QED) is 0.263. The van der Waals surface area contributed by atoms with Crippen molar-refractivity contribution < 1.29 is 22.7 Å². The SMILES string of the molecule is CNC(=O)[C@H](Cc1ccccc1)N(Cc1ccccc1C)C(=O)CN(c1cccc(OC)c1)S(=O)(=O)c1ccccc1. The van der Waals surface area contributed by atoms with E-state index < -0.39 is 28.5 Å². The zero-order valence-corrected chi connectivity index (χ0v) is 24.8. The lowest BCUT2D eigenvalue weighted by atomic mass is 10.0. The second kappa shape index (κ2) is 13.8. The van der Waals surface area contributed by atoms with Gasteiger partial charge in [-0.15, -0.1) is 0 Å². The van der Waals surface area contributed by atoms with E-state index in [1.807, 2.05) is 61.5 Å². The van der Waals surface area contributed by atoms with Gasteiger partial charge >= 0.3 is 0 Å². The standard InChI is InChI=1S/C33H35N3O5S/c1-25-13-10-11-16-27(25)23-35(31(33(38)34-2)21-26-14-6-4-7-15-26)32(37)24-36(28-17-12-18-29(22-28)41-3)42(39,40)30-19-8-5-9-20-30/h4-20,22,31H,21,23-24H2,1-3H3,(H,34,38)/t31-/m0/s1. The Morgan fingerprint density at radius 2 is 1.50 bits per heavy atom. The summed E-state index contributed by atoms with van der Waals surface area (Å²) in [5.41, 5.74) is 2.94. The molecule has 0 unspecified atom stereocenters. The van der Waals surface area contributed by atoms with Gasteiger partial charge in [-0.3, -0.25) is 13.9 Å². The summed E-state index contributed by atoms with van der Waals surface area (Å²) in [6.45, 7) is 1.53. The molecule has 4 rings (SSSR count). The smallest absolute Gasteiger partial charge is 0.264 e. The fraction of sp³-hybridized carbons (Fsp3) is 0.212. The van der Waals surface area contributed by atoms with E-state index in [1.54, 1.807) is 42.5 Å². The second-order valence-electron chi connectivity index (χ2n) is 9.79. The van der Waals surface area contributed by atoms with Gasteiger partial charge in [0.25, 0.3) is 10.0 Å². The Bertz CT molecular complexity index is 1610. The summed E-state index contributed by atoms with van der Waals surface area (Å²) < 4.78 is 34.4. The number of hydrogen-bond donors (Lipinski definition) is 1. The van der Waals surface area contributed by atoms with Crippen molar-refractivity contribution >= 4 is 27.5 Å². The number of carbonyl (C=O) groups is 2. The van der Waals surface area contributed by atoms with Crippen molar-refractivity contribution in [3.05, 3.63) is 126 Å². The number of likely N-dealkylation sites (N-methyl/N-ethyl adjacent to an activating group) is 1. The molecule has 1 atom stereocenters. The molecule has 218 valence electrons. The van der Waals surface area contributed by atoms with Crippen molar-refractivity contribution in [3.63, 3.8) is 0 Å². The summed E-state index contributed by atoms with van der Waals surface area (Å²) in [7, 11) is -1.15. The molecule has 0 bridgehead atoms. The van der Waals surface area contributed by atoms with Crippen LogP contribution < -0.4 is 14.4 Å². The summed E-state index contributed by atoms with van der Waals surface area (Å²) in [6, 6.07) is 30.7. The van der Waals surface area contributed by atoms with Gasteiger partial charge < -0.3 is 15.0 Å². The van der Waals surface area contributed by atoms with Crippen molar-refractivity contribution in [2.75, 3.05) is 25.0 Å². The minimum atomic E-state index is -4.17. The molecule has 42 heavy (non-hydrogen) atoms. The Balaban J connectivity index is 1.80. The molecule has 0 aliphatic heterocycles. The Morgan fingerprint density at radius 3 is 2.14 bits per heavy atom. The highest BCUT2D eigenvalue weighted by molar-refractivity contribution is 7.92. The molecule has 9 heteroatoms. The number of rotatable bonds is 12. The summed E-state index contributed by atoms with van der Waals surface area (Å²) in [5, 5.41) is 2.70. The fourth-order valence-corrected chi connectivity index (χ4v) is 6.13. The Hall–Kier alpha value is -4.63. The number of nitrogens with one attached hydrogen (secondary N) is 1. The topological polar surface area (TPSA) is 96.0 Å². The van der Waals surface area contributed by atoms with E-state index in [0.717, 1.165) is 21.0 Å². The lowest BCUT2D eigenvalue weighted by Gasteiger charge is -2.34. The van der Waals surface area contributed by atoms with Gasteiger partial charge in [0.15, 0.2) is 0 Å². The van der Waals surface area contributed by atoms with E-state index in [9.17, 15) is 18.0 Å². The number of methoxy groups -OCH3 is 1. The van der Waals surface area contributed by atoms with E-state index >= 15 is 0 Å². The highest BCUT2D eigenvalue weighted by Gasteiger charge is 2.34. The van der Waals surface area contributed by atoms with E-state index in [4.69, 9.17) is 4.74 Å². The normalized spacial score (nSPS) is 11.8. The van der Waals surface area contributed by atoms with Gasteiger partial charge in [-0.05, 0) is 47.9 Å². The van der Waals surface area contributed by atoms with Crippen molar-refractivity contribution in [1.82, 2.24) is 10.2 Å². The molecule has 0 fully saturated rings. The maximum absolute atomic E-state index is 14.3. The molecule has 1 N–H and O–H groups in total. The number of hydrogen-bond acceptors (Lipinski definition) is 5. The molecule has 8 nitrogen and oxygen atoms in total. The highest BCUT2D eigenvalue weighted by Crippen LogP contribution is 2.28. The van der Waals surface area contributed by atoms with Crippen molar-refractivity contribution in [1.29, 1.82) is 0 Å². The number of anilines is 1. The Labute approximate surface area is 247 Å². The molecule has 0 saturated carbocycles. The molecule has 0 aromatic heterocycles. The fourth-order valence-electron chi connectivity index (χ4n) is 4.71. The van der Waals surface area contributed by atoms with E-state index in [0.29, 0.717) is 5.75 Å². The first-order chi connectivity index (χ1) is 20.2. The van der Waals surface area contributed by atoms with Crippen LogP contribution in [0.4, 0.5) is 5.69 Å². The van der Waals surface area contributed by atoms with Crippen LogP contribution in [0.1, 0.15) is 16.7 Å². The monoisotopic (exact) mass is 585 g/mol. The highest BCUT2D eigenvalue weighted by atomic mass is 32.2. The molecule has 0 heterocycles. The largest absolute Gasteiger partial charge is 0.497 e. The summed E-state index contributed by atoms with van der Waals surface area (Å²) in [6.07, 6.45) is 0.253. The number of carbonyl (C=O) groups excluding carboxylic acids is 2. The van der Waals surface area contributed by atoms with Crippen molar-refractivity contribution in [3.8, 4) is 5.75 Å². The van der Waals surface area contributed by atoms with Crippen LogP contribution in [-0.2, 0) is 32.6 Å². The maximum atomic E-state index is 14.3. The average molecular weight is 586 g/mol. The number of ether oxygens (including phenoxy) is 1. The van der Waals surface area contributed by atoms with Crippen LogP contribution >= 0.6 is 0 Å². The number of nitrogens with zero attached hydrogens (tertiary/aromatic N) is 2. The first-order valence-corrected chi connectivity index (χ1v) is 15.0. The third-order valence-electron chi connectivity index (χ3n) is 7.07. The molecule has 0 aliphatic carbocycles. The van der Waals surface area contributed by atoms with Gasteiger partial charge in [-0.1, -0.05) is 78.9 Å². The van der Waals surface area contributed by atoms with Crippen molar-refractivity contribution in [2.45, 2.75) is 30.8 Å². The minimum Gasteiger partial charge on any atom is -0.497 e. The van der Waals surface area contributed by atoms with E-state index in [-0.39, 0.29) is 29.5 Å². The zero-order chi connectivity index (χ0) is 30.1. The molecule has 4 aromatic rings. The predicted molar refractivity (Wildman–Crippen MR) is 164 cm³/mol. The van der Waals surface area contributed by atoms with Gasteiger partial charge in [0.05, 0.1) is 17.7 Å². The number of amides is 2. The van der Waals surface area contributed by atoms with Gasteiger partial charge in [-0.2, -0.15) is 0 Å². The van der Waals surface area contributed by atoms with Crippen LogP contribution in [0.5, 0.6) is 5.75 Å². The molecular formula is C33H35N3O5S. The Morgan fingerprint density at radius 1 is 0.857 bits per heavy atom. The van der Waals surface area contributed by atoms with Gasteiger partial charge in [0, 0.05) is 26.1 Å². The third kappa shape index (κ3) is 7.16. The molecule has 0 spiro atoms.